The van der Waals surface area contributed by atoms with Gasteiger partial charge in [0, 0.05) is 18.8 Å². The van der Waals surface area contributed by atoms with Crippen LogP contribution < -0.4 is 0 Å². The minimum Gasteiger partial charge on any atom is -0.348 e. The molecule has 1 aromatic carbocycles. The molecule has 1 heterocycles. The van der Waals surface area contributed by atoms with Crippen LogP contribution in [0.25, 0.3) is 0 Å². The molecule has 0 aliphatic carbocycles. The van der Waals surface area contributed by atoms with Crippen LogP contribution in [0.15, 0.2) is 30.6 Å². The number of benzene rings is 1. The van der Waals surface area contributed by atoms with Gasteiger partial charge in [-0.05, 0) is 29.7 Å². The first-order valence-electron chi connectivity index (χ1n) is 5.55. The van der Waals surface area contributed by atoms with Gasteiger partial charge in [0.05, 0.1) is 0 Å². The Balaban J connectivity index is 2.25. The average Bonchev–Trinajstić information content (AvgIpc) is 2.75. The van der Waals surface area contributed by atoms with Crippen LogP contribution in [0.2, 0.25) is 0 Å². The molecule has 0 saturated heterocycles. The summed E-state index contributed by atoms with van der Waals surface area (Å²) in [5, 5.41) is 0. The smallest absolute Gasteiger partial charge is 0.123 e. The molecular weight excluding hydrogens is 203 g/mol. The van der Waals surface area contributed by atoms with E-state index in [1.165, 1.54) is 6.07 Å². The van der Waals surface area contributed by atoms with Crippen LogP contribution in [0.1, 0.15) is 30.3 Å². The van der Waals surface area contributed by atoms with Crippen LogP contribution in [-0.2, 0) is 12.8 Å². The zero-order valence-corrected chi connectivity index (χ0v) is 9.33. The molecule has 0 aliphatic rings. The van der Waals surface area contributed by atoms with Crippen LogP contribution in [0.3, 0.4) is 0 Å². The summed E-state index contributed by atoms with van der Waals surface area (Å²) in [6, 6.07) is 4.99. The van der Waals surface area contributed by atoms with E-state index >= 15 is 0 Å². The van der Waals surface area contributed by atoms with Crippen molar-refractivity contribution in [1.29, 1.82) is 0 Å². The highest BCUT2D eigenvalue weighted by Crippen LogP contribution is 2.16. The standard InChI is InChI=1S/C13H15FN2/c1-2-3-10-8-12(14)5-4-11(10)9-13-15-6-7-16-13/h4-8H,2-3,9H2,1H3,(H,15,16). The molecule has 0 amide bonds. The molecule has 0 atom stereocenters. The minimum atomic E-state index is -0.161. The van der Waals surface area contributed by atoms with Gasteiger partial charge >= 0.3 is 0 Å². The fourth-order valence-electron chi connectivity index (χ4n) is 1.84. The fraction of sp³-hybridized carbons (Fsp3) is 0.308. The molecule has 0 radical (unpaired) electrons. The third kappa shape index (κ3) is 2.48. The van der Waals surface area contributed by atoms with Gasteiger partial charge in [-0.3, -0.25) is 0 Å². The molecular formula is C13H15FN2. The van der Waals surface area contributed by atoms with E-state index in [2.05, 4.69) is 16.9 Å². The second-order valence-corrected chi connectivity index (χ2v) is 3.88. The quantitative estimate of drug-likeness (QED) is 0.839. The van der Waals surface area contributed by atoms with Gasteiger partial charge < -0.3 is 4.98 Å². The van der Waals surface area contributed by atoms with E-state index in [1.54, 1.807) is 18.5 Å². The van der Waals surface area contributed by atoms with E-state index in [1.807, 2.05) is 6.07 Å². The second kappa shape index (κ2) is 4.92. The molecule has 2 aromatic rings. The number of hydrogen-bond donors (Lipinski definition) is 1. The predicted molar refractivity (Wildman–Crippen MR) is 61.8 cm³/mol. The zero-order chi connectivity index (χ0) is 11.4. The molecule has 16 heavy (non-hydrogen) atoms. The Morgan fingerprint density at radius 2 is 2.19 bits per heavy atom. The first kappa shape index (κ1) is 10.9. The van der Waals surface area contributed by atoms with E-state index < -0.39 is 0 Å². The molecule has 0 unspecified atom stereocenters. The monoisotopic (exact) mass is 218 g/mol. The maximum atomic E-state index is 13.1. The highest BCUT2D eigenvalue weighted by molar-refractivity contribution is 5.30. The van der Waals surface area contributed by atoms with Crippen molar-refractivity contribution < 1.29 is 4.39 Å². The Hall–Kier alpha value is -1.64. The summed E-state index contributed by atoms with van der Waals surface area (Å²) in [4.78, 5) is 7.25. The maximum absolute atomic E-state index is 13.1. The average molecular weight is 218 g/mol. The van der Waals surface area contributed by atoms with Crippen molar-refractivity contribution in [3.05, 3.63) is 53.4 Å². The van der Waals surface area contributed by atoms with Gasteiger partial charge in [0.1, 0.15) is 11.6 Å². The highest BCUT2D eigenvalue weighted by atomic mass is 19.1. The number of aryl methyl sites for hydroxylation is 1. The van der Waals surface area contributed by atoms with Gasteiger partial charge in [-0.15, -0.1) is 0 Å². The van der Waals surface area contributed by atoms with E-state index in [0.717, 1.165) is 36.2 Å². The lowest BCUT2D eigenvalue weighted by molar-refractivity contribution is 0.623. The van der Waals surface area contributed by atoms with Gasteiger partial charge in [0.2, 0.25) is 0 Å². The molecule has 0 spiro atoms. The normalized spacial score (nSPS) is 10.6. The summed E-state index contributed by atoms with van der Waals surface area (Å²) >= 11 is 0. The number of nitrogens with zero attached hydrogens (tertiary/aromatic N) is 1. The van der Waals surface area contributed by atoms with Crippen molar-refractivity contribution in [2.45, 2.75) is 26.2 Å². The van der Waals surface area contributed by atoms with E-state index in [0.29, 0.717) is 0 Å². The Morgan fingerprint density at radius 1 is 1.31 bits per heavy atom. The van der Waals surface area contributed by atoms with Crippen LogP contribution in [-0.4, -0.2) is 9.97 Å². The summed E-state index contributed by atoms with van der Waals surface area (Å²) in [7, 11) is 0. The van der Waals surface area contributed by atoms with Gasteiger partial charge in [0.25, 0.3) is 0 Å². The second-order valence-electron chi connectivity index (χ2n) is 3.88. The first-order valence-corrected chi connectivity index (χ1v) is 5.55. The molecule has 1 aromatic heterocycles. The van der Waals surface area contributed by atoms with Crippen molar-refractivity contribution >= 4 is 0 Å². The largest absolute Gasteiger partial charge is 0.348 e. The summed E-state index contributed by atoms with van der Waals surface area (Å²) in [5.74, 6) is 0.760. The van der Waals surface area contributed by atoms with Crippen molar-refractivity contribution in [2.75, 3.05) is 0 Å². The van der Waals surface area contributed by atoms with Crippen LogP contribution in [0.5, 0.6) is 0 Å². The first-order chi connectivity index (χ1) is 7.79. The maximum Gasteiger partial charge on any atom is 0.123 e. The number of aromatic amines is 1. The Bertz CT molecular complexity index is 449. The lowest BCUT2D eigenvalue weighted by Crippen LogP contribution is -1.98. The molecule has 1 N–H and O–H groups in total. The molecule has 0 bridgehead atoms. The summed E-state index contributed by atoms with van der Waals surface area (Å²) < 4.78 is 13.1. The molecule has 2 rings (SSSR count). The lowest BCUT2D eigenvalue weighted by Gasteiger charge is -2.07. The van der Waals surface area contributed by atoms with Crippen molar-refractivity contribution in [3.63, 3.8) is 0 Å². The topological polar surface area (TPSA) is 28.7 Å². The molecule has 2 nitrogen and oxygen atoms in total. The van der Waals surface area contributed by atoms with E-state index in [-0.39, 0.29) is 5.82 Å². The summed E-state index contributed by atoms with van der Waals surface area (Å²) in [5.41, 5.74) is 2.23. The number of aromatic nitrogens is 2. The number of imidazole rings is 1. The third-order valence-corrected chi connectivity index (χ3v) is 2.60. The lowest BCUT2D eigenvalue weighted by atomic mass is 10.0. The Kier molecular flexibility index (Phi) is 3.34. The zero-order valence-electron chi connectivity index (χ0n) is 9.33. The van der Waals surface area contributed by atoms with Crippen LogP contribution in [0.4, 0.5) is 4.39 Å². The SMILES string of the molecule is CCCc1cc(F)ccc1Cc1ncc[nH]1. The van der Waals surface area contributed by atoms with E-state index in [4.69, 9.17) is 0 Å². The highest BCUT2D eigenvalue weighted by Gasteiger charge is 2.05. The summed E-state index contributed by atoms with van der Waals surface area (Å²) in [6.45, 7) is 2.10. The van der Waals surface area contributed by atoms with Gasteiger partial charge in [-0.1, -0.05) is 19.4 Å². The summed E-state index contributed by atoms with van der Waals surface area (Å²) in [6.07, 6.45) is 6.21. The molecule has 0 aliphatic heterocycles. The minimum absolute atomic E-state index is 0.161. The van der Waals surface area contributed by atoms with Crippen LogP contribution in [0, 0.1) is 5.82 Å². The number of H-pyrrole nitrogens is 1. The van der Waals surface area contributed by atoms with Gasteiger partial charge in [-0.2, -0.15) is 0 Å². The predicted octanol–water partition coefficient (Wildman–Crippen LogP) is 3.09. The Morgan fingerprint density at radius 3 is 2.88 bits per heavy atom. The number of rotatable bonds is 4. The van der Waals surface area contributed by atoms with Crippen LogP contribution >= 0.6 is 0 Å². The molecule has 3 heteroatoms. The molecule has 0 saturated carbocycles. The van der Waals surface area contributed by atoms with Crippen molar-refractivity contribution in [1.82, 2.24) is 9.97 Å². The number of halogens is 1. The molecule has 0 fully saturated rings. The Labute approximate surface area is 94.5 Å². The van der Waals surface area contributed by atoms with Gasteiger partial charge in [-0.25, -0.2) is 9.37 Å². The van der Waals surface area contributed by atoms with Gasteiger partial charge in [0.15, 0.2) is 0 Å². The third-order valence-electron chi connectivity index (χ3n) is 2.60. The van der Waals surface area contributed by atoms with Crippen molar-refractivity contribution in [3.8, 4) is 0 Å². The molecule has 84 valence electrons. The van der Waals surface area contributed by atoms with Crippen molar-refractivity contribution in [2.24, 2.45) is 0 Å². The number of nitrogens with one attached hydrogen (secondary N) is 1. The van der Waals surface area contributed by atoms with E-state index in [9.17, 15) is 4.39 Å². The number of hydrogen-bond acceptors (Lipinski definition) is 1. The fourth-order valence-corrected chi connectivity index (χ4v) is 1.84.